The third kappa shape index (κ3) is 6.28. The van der Waals surface area contributed by atoms with Crippen molar-refractivity contribution in [3.63, 3.8) is 0 Å². The molecule has 0 aliphatic carbocycles. The predicted octanol–water partition coefficient (Wildman–Crippen LogP) is 8.67. The van der Waals surface area contributed by atoms with Gasteiger partial charge in [0.05, 0.1) is 0 Å². The van der Waals surface area contributed by atoms with Gasteiger partial charge in [0.2, 0.25) is 0 Å². The Bertz CT molecular complexity index is 1030. The largest absolute Gasteiger partial charge is 0.454 e. The van der Waals surface area contributed by atoms with Crippen molar-refractivity contribution in [1.82, 2.24) is 0 Å². The lowest BCUT2D eigenvalue weighted by atomic mass is 9.74. The Morgan fingerprint density at radius 3 is 2.38 bits per heavy atom. The Hall–Kier alpha value is -2.47. The third-order valence-electron chi connectivity index (χ3n) is 5.54. The summed E-state index contributed by atoms with van der Waals surface area (Å²) in [7, 11) is 0. The van der Waals surface area contributed by atoms with Crippen LogP contribution >= 0.6 is 15.9 Å². The first-order valence-electron chi connectivity index (χ1n) is 10.6. The highest BCUT2D eigenvalue weighted by atomic mass is 79.9. The maximum Gasteiger partial charge on any atom is 0.387 e. The van der Waals surface area contributed by atoms with Gasteiger partial charge in [-0.25, -0.2) is 4.39 Å². The van der Waals surface area contributed by atoms with Crippen molar-refractivity contribution in [2.75, 3.05) is 0 Å². The van der Waals surface area contributed by atoms with Gasteiger partial charge in [-0.2, -0.15) is 8.78 Å². The van der Waals surface area contributed by atoms with Crippen LogP contribution in [0.1, 0.15) is 44.2 Å². The first-order valence-corrected chi connectivity index (χ1v) is 11.4. The number of benzene rings is 3. The molecule has 0 N–H and O–H groups in total. The quantitative estimate of drug-likeness (QED) is 0.273. The molecule has 0 aliphatic heterocycles. The minimum absolute atomic E-state index is 0.163. The van der Waals surface area contributed by atoms with E-state index in [0.29, 0.717) is 23.1 Å². The Labute approximate surface area is 195 Å². The van der Waals surface area contributed by atoms with E-state index in [1.165, 1.54) is 6.07 Å². The van der Waals surface area contributed by atoms with Crippen LogP contribution in [-0.2, 0) is 11.8 Å². The standard InChI is InChI=1S/C26H26BrF3O2/c1-3-14-26(2,21-11-10-19(27)17-23(21)32-25(29)30)15-13-18-9-12-22(28)24(16-18)31-20-7-5-4-6-8-20/h4-12,16-17,25H,3,13-15H2,1-2H3. The molecule has 0 bridgehead atoms. The Morgan fingerprint density at radius 2 is 1.69 bits per heavy atom. The average molecular weight is 507 g/mol. The molecule has 6 heteroatoms. The summed E-state index contributed by atoms with van der Waals surface area (Å²) < 4.78 is 51.6. The third-order valence-corrected chi connectivity index (χ3v) is 6.04. The van der Waals surface area contributed by atoms with Gasteiger partial charge in [0.15, 0.2) is 11.6 Å². The number of hydrogen-bond donors (Lipinski definition) is 0. The topological polar surface area (TPSA) is 18.5 Å². The minimum atomic E-state index is -2.90. The number of halogens is 4. The highest BCUT2D eigenvalue weighted by Crippen LogP contribution is 2.41. The minimum Gasteiger partial charge on any atom is -0.454 e. The fraction of sp³-hybridized carbons (Fsp3) is 0.308. The smallest absolute Gasteiger partial charge is 0.387 e. The average Bonchev–Trinajstić information content (AvgIpc) is 2.75. The molecule has 1 unspecified atom stereocenters. The van der Waals surface area contributed by atoms with E-state index < -0.39 is 17.8 Å². The summed E-state index contributed by atoms with van der Waals surface area (Å²) in [6.45, 7) is 1.22. The molecule has 0 heterocycles. The lowest BCUT2D eigenvalue weighted by molar-refractivity contribution is -0.0511. The summed E-state index contributed by atoms with van der Waals surface area (Å²) in [5.74, 6) is 0.464. The SMILES string of the molecule is CCCC(C)(CCc1ccc(F)c(Oc2ccccc2)c1)c1ccc(Br)cc1OC(F)F. The van der Waals surface area contributed by atoms with Crippen molar-refractivity contribution in [3.8, 4) is 17.2 Å². The van der Waals surface area contributed by atoms with Crippen LogP contribution in [0.4, 0.5) is 13.2 Å². The molecular formula is C26H26BrF3O2. The molecule has 0 aliphatic rings. The first kappa shape index (κ1) is 24.2. The molecular weight excluding hydrogens is 481 g/mol. The summed E-state index contributed by atoms with van der Waals surface area (Å²) in [6, 6.07) is 19.1. The number of ether oxygens (including phenoxy) is 2. The Balaban J connectivity index is 1.84. The van der Waals surface area contributed by atoms with Crippen LogP contribution in [0.2, 0.25) is 0 Å². The molecule has 1 atom stereocenters. The zero-order valence-corrected chi connectivity index (χ0v) is 19.7. The molecule has 0 radical (unpaired) electrons. The van der Waals surface area contributed by atoms with Crippen molar-refractivity contribution in [1.29, 1.82) is 0 Å². The second kappa shape index (κ2) is 10.9. The van der Waals surface area contributed by atoms with Crippen LogP contribution in [0.3, 0.4) is 0 Å². The van der Waals surface area contributed by atoms with Gasteiger partial charge in [-0.15, -0.1) is 0 Å². The van der Waals surface area contributed by atoms with Gasteiger partial charge in [-0.05, 0) is 66.6 Å². The van der Waals surface area contributed by atoms with Crippen LogP contribution in [0.5, 0.6) is 17.2 Å². The number of para-hydroxylation sites is 1. The molecule has 170 valence electrons. The molecule has 32 heavy (non-hydrogen) atoms. The maximum absolute atomic E-state index is 14.3. The van der Waals surface area contributed by atoms with Gasteiger partial charge in [0.25, 0.3) is 0 Å². The van der Waals surface area contributed by atoms with E-state index >= 15 is 0 Å². The van der Waals surface area contributed by atoms with Crippen LogP contribution in [0.25, 0.3) is 0 Å². The molecule has 0 saturated heterocycles. The first-order chi connectivity index (χ1) is 15.3. The van der Waals surface area contributed by atoms with Gasteiger partial charge < -0.3 is 9.47 Å². The lowest BCUT2D eigenvalue weighted by Gasteiger charge is -2.32. The molecule has 3 aromatic carbocycles. The van der Waals surface area contributed by atoms with Gasteiger partial charge in [0, 0.05) is 10.0 Å². The van der Waals surface area contributed by atoms with E-state index in [1.807, 2.05) is 30.3 Å². The Kier molecular flexibility index (Phi) is 8.24. The van der Waals surface area contributed by atoms with Crippen LogP contribution in [0.15, 0.2) is 71.2 Å². The number of aryl methyl sites for hydroxylation is 1. The Morgan fingerprint density at radius 1 is 0.938 bits per heavy atom. The van der Waals surface area contributed by atoms with E-state index in [0.717, 1.165) is 24.0 Å². The van der Waals surface area contributed by atoms with E-state index in [4.69, 9.17) is 9.47 Å². The van der Waals surface area contributed by atoms with Crippen molar-refractivity contribution in [3.05, 3.63) is 88.1 Å². The molecule has 0 amide bonds. The normalized spacial score (nSPS) is 13.1. The van der Waals surface area contributed by atoms with E-state index in [1.54, 1.807) is 30.3 Å². The van der Waals surface area contributed by atoms with Crippen LogP contribution in [0, 0.1) is 5.82 Å². The second-order valence-electron chi connectivity index (χ2n) is 8.01. The molecule has 3 rings (SSSR count). The molecule has 0 aromatic heterocycles. The van der Waals surface area contributed by atoms with Crippen LogP contribution < -0.4 is 9.47 Å². The van der Waals surface area contributed by atoms with E-state index in [-0.39, 0.29) is 11.5 Å². The number of alkyl halides is 2. The molecule has 0 saturated carbocycles. The summed E-state index contributed by atoms with van der Waals surface area (Å²) in [5.41, 5.74) is 1.26. The van der Waals surface area contributed by atoms with E-state index in [9.17, 15) is 13.2 Å². The fourth-order valence-electron chi connectivity index (χ4n) is 3.95. The fourth-order valence-corrected chi connectivity index (χ4v) is 4.29. The molecule has 0 fully saturated rings. The monoisotopic (exact) mass is 506 g/mol. The number of hydrogen-bond acceptors (Lipinski definition) is 2. The zero-order valence-electron chi connectivity index (χ0n) is 18.1. The highest BCUT2D eigenvalue weighted by molar-refractivity contribution is 9.10. The molecule has 0 spiro atoms. The second-order valence-corrected chi connectivity index (χ2v) is 8.93. The molecule has 2 nitrogen and oxygen atoms in total. The maximum atomic E-state index is 14.3. The molecule has 3 aromatic rings. The van der Waals surface area contributed by atoms with Gasteiger partial charge >= 0.3 is 6.61 Å². The van der Waals surface area contributed by atoms with Gasteiger partial charge in [0.1, 0.15) is 11.5 Å². The van der Waals surface area contributed by atoms with Crippen molar-refractivity contribution in [2.45, 2.75) is 51.6 Å². The van der Waals surface area contributed by atoms with Crippen LogP contribution in [-0.4, -0.2) is 6.61 Å². The van der Waals surface area contributed by atoms with Crippen molar-refractivity contribution >= 4 is 15.9 Å². The number of rotatable bonds is 10. The van der Waals surface area contributed by atoms with Crippen molar-refractivity contribution in [2.24, 2.45) is 0 Å². The zero-order chi connectivity index (χ0) is 23.1. The summed E-state index contributed by atoms with van der Waals surface area (Å²) in [5, 5.41) is 0. The predicted molar refractivity (Wildman–Crippen MR) is 124 cm³/mol. The lowest BCUT2D eigenvalue weighted by Crippen LogP contribution is -2.24. The summed E-state index contributed by atoms with van der Waals surface area (Å²) >= 11 is 3.34. The van der Waals surface area contributed by atoms with Crippen molar-refractivity contribution < 1.29 is 22.6 Å². The van der Waals surface area contributed by atoms with Gasteiger partial charge in [-0.1, -0.05) is 66.5 Å². The highest BCUT2D eigenvalue weighted by Gasteiger charge is 2.30. The summed E-state index contributed by atoms with van der Waals surface area (Å²) in [6.07, 6.45) is 2.99. The summed E-state index contributed by atoms with van der Waals surface area (Å²) in [4.78, 5) is 0. The van der Waals surface area contributed by atoms with Gasteiger partial charge in [-0.3, -0.25) is 0 Å². The van der Waals surface area contributed by atoms with E-state index in [2.05, 4.69) is 29.8 Å².